The first-order valence-electron chi connectivity index (χ1n) is 5.78. The topological polar surface area (TPSA) is 27.1 Å². The molecule has 0 fully saturated rings. The Kier molecular flexibility index (Phi) is 3.40. The van der Waals surface area contributed by atoms with Crippen LogP contribution in [0.2, 0.25) is 5.15 Å². The van der Waals surface area contributed by atoms with Crippen molar-refractivity contribution in [2.75, 3.05) is 7.11 Å². The second-order valence-electron chi connectivity index (χ2n) is 4.18. The molecule has 0 N–H and O–H groups in total. The second-order valence-corrected chi connectivity index (χ2v) is 5.46. The Labute approximate surface area is 128 Å². The summed E-state index contributed by atoms with van der Waals surface area (Å²) in [5, 5.41) is 5.51. The van der Waals surface area contributed by atoms with E-state index in [1.807, 2.05) is 18.2 Å². The first-order chi connectivity index (χ1) is 9.60. The molecule has 6 heteroatoms. The molecular formula is C14H9BrClFN2O. The van der Waals surface area contributed by atoms with E-state index >= 15 is 0 Å². The van der Waals surface area contributed by atoms with Gasteiger partial charge in [-0.2, -0.15) is 5.10 Å². The molecule has 2 aromatic carbocycles. The third kappa shape index (κ3) is 2.17. The minimum atomic E-state index is -0.415. The highest BCUT2D eigenvalue weighted by molar-refractivity contribution is 9.10. The van der Waals surface area contributed by atoms with Crippen LogP contribution in [0.5, 0.6) is 5.75 Å². The fourth-order valence-corrected chi connectivity index (χ4v) is 2.62. The van der Waals surface area contributed by atoms with Crippen molar-refractivity contribution in [3.8, 4) is 11.4 Å². The van der Waals surface area contributed by atoms with Crippen molar-refractivity contribution in [3.63, 3.8) is 0 Å². The number of aromatic nitrogens is 2. The maximum Gasteiger partial charge on any atom is 0.165 e. The summed E-state index contributed by atoms with van der Waals surface area (Å²) in [5.74, 6) is -0.249. The summed E-state index contributed by atoms with van der Waals surface area (Å²) in [6, 6.07) is 10.2. The van der Waals surface area contributed by atoms with E-state index in [1.165, 1.54) is 13.2 Å². The van der Waals surface area contributed by atoms with Crippen LogP contribution in [0.3, 0.4) is 0 Å². The minimum absolute atomic E-state index is 0.166. The van der Waals surface area contributed by atoms with Crippen LogP contribution in [0.1, 0.15) is 0 Å². The molecule has 0 spiro atoms. The number of hydrogen-bond acceptors (Lipinski definition) is 2. The largest absolute Gasteiger partial charge is 0.494 e. The van der Waals surface area contributed by atoms with Crippen LogP contribution in [-0.2, 0) is 0 Å². The highest BCUT2D eigenvalue weighted by Gasteiger charge is 2.12. The normalized spacial score (nSPS) is 11.0. The van der Waals surface area contributed by atoms with Gasteiger partial charge in [-0.15, -0.1) is 0 Å². The molecule has 0 bridgehead atoms. The van der Waals surface area contributed by atoms with Crippen molar-refractivity contribution in [2.24, 2.45) is 0 Å². The Hall–Kier alpha value is -1.59. The van der Waals surface area contributed by atoms with E-state index in [2.05, 4.69) is 21.0 Å². The van der Waals surface area contributed by atoms with E-state index in [-0.39, 0.29) is 5.75 Å². The Balaban J connectivity index is 2.24. The number of hydrogen-bond donors (Lipinski definition) is 0. The van der Waals surface area contributed by atoms with Gasteiger partial charge < -0.3 is 4.74 Å². The van der Waals surface area contributed by atoms with Crippen molar-refractivity contribution in [1.82, 2.24) is 9.78 Å². The summed E-state index contributed by atoms with van der Waals surface area (Å²) in [7, 11) is 1.42. The summed E-state index contributed by atoms with van der Waals surface area (Å²) in [6.07, 6.45) is 0. The molecule has 3 aromatic rings. The van der Waals surface area contributed by atoms with E-state index in [0.29, 0.717) is 10.8 Å². The molecule has 0 atom stereocenters. The quantitative estimate of drug-likeness (QED) is 0.672. The lowest BCUT2D eigenvalue weighted by molar-refractivity contribution is 0.386. The van der Waals surface area contributed by atoms with Crippen LogP contribution in [0.15, 0.2) is 40.9 Å². The standard InChI is InChI=1S/C14H9BrClFN2O/c1-20-13-7-9(3-4-11(13)17)19-12-5-2-8(15)6-10(12)14(16)18-19/h2-7H,1H3. The molecule has 3 rings (SSSR count). The van der Waals surface area contributed by atoms with Crippen LogP contribution in [0.25, 0.3) is 16.6 Å². The lowest BCUT2D eigenvalue weighted by Gasteiger charge is -2.07. The maximum absolute atomic E-state index is 13.5. The zero-order valence-corrected chi connectivity index (χ0v) is 12.7. The third-order valence-electron chi connectivity index (χ3n) is 2.98. The Morgan fingerprint density at radius 1 is 1.25 bits per heavy atom. The lowest BCUT2D eigenvalue weighted by atomic mass is 10.2. The average molecular weight is 356 g/mol. The summed E-state index contributed by atoms with van der Waals surface area (Å²) in [4.78, 5) is 0. The van der Waals surface area contributed by atoms with Gasteiger partial charge in [0.05, 0.1) is 18.3 Å². The number of halogens is 3. The molecule has 0 unspecified atom stereocenters. The lowest BCUT2D eigenvalue weighted by Crippen LogP contribution is -1.98. The Morgan fingerprint density at radius 3 is 2.80 bits per heavy atom. The molecule has 1 aromatic heterocycles. The van der Waals surface area contributed by atoms with Gasteiger partial charge in [0.25, 0.3) is 0 Å². The monoisotopic (exact) mass is 354 g/mol. The van der Waals surface area contributed by atoms with Crippen LogP contribution in [0, 0.1) is 5.82 Å². The van der Waals surface area contributed by atoms with Crippen molar-refractivity contribution in [1.29, 1.82) is 0 Å². The van der Waals surface area contributed by atoms with Crippen molar-refractivity contribution in [2.45, 2.75) is 0 Å². The number of rotatable bonds is 2. The van der Waals surface area contributed by atoms with Gasteiger partial charge in [0.1, 0.15) is 0 Å². The molecule has 0 aliphatic heterocycles. The van der Waals surface area contributed by atoms with Gasteiger partial charge in [-0.1, -0.05) is 27.5 Å². The molecule has 0 aliphatic rings. The van der Waals surface area contributed by atoms with E-state index < -0.39 is 5.82 Å². The molecule has 102 valence electrons. The van der Waals surface area contributed by atoms with Crippen molar-refractivity contribution in [3.05, 3.63) is 51.8 Å². The van der Waals surface area contributed by atoms with Gasteiger partial charge in [0.15, 0.2) is 16.7 Å². The smallest absolute Gasteiger partial charge is 0.165 e. The first kappa shape index (κ1) is 13.4. The number of fused-ring (bicyclic) bond motifs is 1. The SMILES string of the molecule is COc1cc(-n2nc(Cl)c3cc(Br)ccc32)ccc1F. The van der Waals surface area contributed by atoms with Crippen LogP contribution < -0.4 is 4.74 Å². The predicted molar refractivity (Wildman–Crippen MR) is 80.3 cm³/mol. The molecule has 0 saturated carbocycles. The van der Waals surface area contributed by atoms with Gasteiger partial charge in [-0.25, -0.2) is 9.07 Å². The number of ether oxygens (including phenoxy) is 1. The van der Waals surface area contributed by atoms with Crippen molar-refractivity contribution >= 4 is 38.4 Å². The highest BCUT2D eigenvalue weighted by atomic mass is 79.9. The minimum Gasteiger partial charge on any atom is -0.494 e. The maximum atomic E-state index is 13.5. The van der Waals surface area contributed by atoms with E-state index in [4.69, 9.17) is 16.3 Å². The Morgan fingerprint density at radius 2 is 2.05 bits per heavy atom. The zero-order valence-electron chi connectivity index (χ0n) is 10.4. The predicted octanol–water partition coefficient (Wildman–Crippen LogP) is 4.59. The summed E-state index contributed by atoms with van der Waals surface area (Å²) < 4.78 is 21.0. The van der Waals surface area contributed by atoms with Crippen LogP contribution >= 0.6 is 27.5 Å². The van der Waals surface area contributed by atoms with Gasteiger partial charge >= 0.3 is 0 Å². The second kappa shape index (κ2) is 5.07. The van der Waals surface area contributed by atoms with Gasteiger partial charge in [0.2, 0.25) is 0 Å². The molecular weight excluding hydrogens is 347 g/mol. The average Bonchev–Trinajstić information content (AvgIpc) is 2.76. The summed E-state index contributed by atoms with van der Waals surface area (Å²) in [5.41, 5.74) is 1.52. The van der Waals surface area contributed by atoms with Gasteiger partial charge in [-0.05, 0) is 30.3 Å². The van der Waals surface area contributed by atoms with Crippen LogP contribution in [-0.4, -0.2) is 16.9 Å². The van der Waals surface area contributed by atoms with E-state index in [9.17, 15) is 4.39 Å². The zero-order chi connectivity index (χ0) is 14.3. The third-order valence-corrected chi connectivity index (χ3v) is 3.75. The number of nitrogens with zero attached hydrogens (tertiary/aromatic N) is 2. The van der Waals surface area contributed by atoms with E-state index in [0.717, 1.165) is 15.4 Å². The molecule has 0 saturated heterocycles. The molecule has 1 heterocycles. The molecule has 3 nitrogen and oxygen atoms in total. The summed E-state index contributed by atoms with van der Waals surface area (Å²) in [6.45, 7) is 0. The van der Waals surface area contributed by atoms with Crippen LogP contribution in [0.4, 0.5) is 4.39 Å². The van der Waals surface area contributed by atoms with Gasteiger partial charge in [-0.3, -0.25) is 0 Å². The van der Waals surface area contributed by atoms with Gasteiger partial charge in [0, 0.05) is 15.9 Å². The number of benzene rings is 2. The highest BCUT2D eigenvalue weighted by Crippen LogP contribution is 2.29. The van der Waals surface area contributed by atoms with Crippen molar-refractivity contribution < 1.29 is 9.13 Å². The molecule has 20 heavy (non-hydrogen) atoms. The fourth-order valence-electron chi connectivity index (χ4n) is 2.03. The van der Waals surface area contributed by atoms with E-state index in [1.54, 1.807) is 16.8 Å². The number of methoxy groups -OCH3 is 1. The molecule has 0 radical (unpaired) electrons. The molecule has 0 amide bonds. The first-order valence-corrected chi connectivity index (χ1v) is 6.95. The molecule has 0 aliphatic carbocycles. The Bertz CT molecular complexity index is 803. The summed E-state index contributed by atoms with van der Waals surface area (Å²) >= 11 is 9.55. The fraction of sp³-hybridized carbons (Fsp3) is 0.0714.